The molecule has 0 spiro atoms. The third-order valence-corrected chi connectivity index (χ3v) is 5.75. The zero-order chi connectivity index (χ0) is 20.1. The number of carboxylic acid groups (broad SMARTS) is 1. The van der Waals surface area contributed by atoms with Crippen molar-refractivity contribution in [2.45, 2.75) is 45.2 Å². The summed E-state index contributed by atoms with van der Waals surface area (Å²) in [5.74, 6) is -1.83. The van der Waals surface area contributed by atoms with E-state index in [9.17, 15) is 19.5 Å². The molecular weight excluding hydrogens is 360 g/mol. The van der Waals surface area contributed by atoms with Crippen molar-refractivity contribution in [2.24, 2.45) is 11.8 Å². The number of hydrogen-bond acceptors (Lipinski definition) is 4. The number of nitrogens with zero attached hydrogens (tertiary/aromatic N) is 1. The normalized spacial score (nSPS) is 21.5. The van der Waals surface area contributed by atoms with E-state index in [2.05, 4.69) is 5.32 Å². The molecule has 2 heterocycles. The summed E-state index contributed by atoms with van der Waals surface area (Å²) in [6, 6.07) is 7.34. The highest BCUT2D eigenvalue weighted by Gasteiger charge is 2.37. The lowest BCUT2D eigenvalue weighted by molar-refractivity contribution is -0.145. The standard InChI is InChI=1S/C21H28N2O5/c1-14-2-4-15(5-3-14)13-23-18(6-7-19(23)24)20(25)22-12-17(21(26)27)16-8-10-28-11-9-16/h2-5,16-18H,6-13H2,1H3,(H,22,25)(H,26,27). The van der Waals surface area contributed by atoms with Gasteiger partial charge in [0.1, 0.15) is 6.04 Å². The predicted molar refractivity (Wildman–Crippen MR) is 102 cm³/mol. The highest BCUT2D eigenvalue weighted by atomic mass is 16.5. The SMILES string of the molecule is Cc1ccc(CN2C(=O)CCC2C(=O)NCC(C(=O)O)C2CCOCC2)cc1. The molecule has 1 aromatic rings. The number of carbonyl (C=O) groups excluding carboxylic acids is 2. The van der Waals surface area contributed by atoms with Crippen molar-refractivity contribution in [2.75, 3.05) is 19.8 Å². The Kier molecular flexibility index (Phi) is 6.67. The maximum atomic E-state index is 12.7. The van der Waals surface area contributed by atoms with Crippen molar-refractivity contribution in [3.8, 4) is 0 Å². The van der Waals surface area contributed by atoms with E-state index < -0.39 is 17.9 Å². The second kappa shape index (κ2) is 9.19. The Morgan fingerprint density at radius 1 is 1.21 bits per heavy atom. The lowest BCUT2D eigenvalue weighted by Gasteiger charge is -2.29. The molecular formula is C21H28N2O5. The average Bonchev–Trinajstić information content (AvgIpc) is 3.05. The molecule has 2 saturated heterocycles. The molecule has 7 nitrogen and oxygen atoms in total. The number of ether oxygens (including phenoxy) is 1. The Balaban J connectivity index is 1.60. The van der Waals surface area contributed by atoms with E-state index in [0.717, 1.165) is 11.1 Å². The summed E-state index contributed by atoms with van der Waals surface area (Å²) < 4.78 is 5.30. The smallest absolute Gasteiger partial charge is 0.308 e. The van der Waals surface area contributed by atoms with Crippen molar-refractivity contribution >= 4 is 17.8 Å². The van der Waals surface area contributed by atoms with E-state index in [-0.39, 0.29) is 24.3 Å². The average molecular weight is 388 g/mol. The van der Waals surface area contributed by atoms with Crippen LogP contribution in [0.5, 0.6) is 0 Å². The van der Waals surface area contributed by atoms with Gasteiger partial charge in [-0.3, -0.25) is 14.4 Å². The molecule has 2 aliphatic rings. The van der Waals surface area contributed by atoms with E-state index in [4.69, 9.17) is 4.74 Å². The van der Waals surface area contributed by atoms with Gasteiger partial charge >= 0.3 is 5.97 Å². The molecule has 0 radical (unpaired) electrons. The van der Waals surface area contributed by atoms with Crippen molar-refractivity contribution < 1.29 is 24.2 Å². The van der Waals surface area contributed by atoms with Crippen LogP contribution in [0.1, 0.15) is 36.8 Å². The van der Waals surface area contributed by atoms with E-state index in [0.29, 0.717) is 45.4 Å². The van der Waals surface area contributed by atoms with Crippen molar-refractivity contribution in [1.82, 2.24) is 10.2 Å². The molecule has 0 aromatic heterocycles. The van der Waals surface area contributed by atoms with Crippen LogP contribution in [0.3, 0.4) is 0 Å². The number of carbonyl (C=O) groups is 3. The van der Waals surface area contributed by atoms with Gasteiger partial charge in [0, 0.05) is 32.7 Å². The highest BCUT2D eigenvalue weighted by Crippen LogP contribution is 2.25. The fraction of sp³-hybridized carbons (Fsp3) is 0.571. The van der Waals surface area contributed by atoms with Gasteiger partial charge in [0.25, 0.3) is 0 Å². The quantitative estimate of drug-likeness (QED) is 0.742. The number of amides is 2. The van der Waals surface area contributed by atoms with E-state index in [1.54, 1.807) is 4.90 Å². The van der Waals surface area contributed by atoms with Gasteiger partial charge in [-0.05, 0) is 37.7 Å². The Morgan fingerprint density at radius 3 is 2.54 bits per heavy atom. The Bertz CT molecular complexity index is 712. The van der Waals surface area contributed by atoms with Crippen molar-refractivity contribution in [3.05, 3.63) is 35.4 Å². The molecule has 3 rings (SSSR count). The summed E-state index contributed by atoms with van der Waals surface area (Å²) in [4.78, 5) is 38.3. The minimum atomic E-state index is -0.897. The number of rotatable bonds is 7. The van der Waals surface area contributed by atoms with Crippen LogP contribution in [0.2, 0.25) is 0 Å². The Morgan fingerprint density at radius 2 is 1.89 bits per heavy atom. The molecule has 0 aliphatic carbocycles. The van der Waals surface area contributed by atoms with Gasteiger partial charge < -0.3 is 20.1 Å². The second-order valence-electron chi connectivity index (χ2n) is 7.70. The molecule has 0 saturated carbocycles. The molecule has 7 heteroatoms. The number of carboxylic acids is 1. The minimum absolute atomic E-state index is 0.000390. The minimum Gasteiger partial charge on any atom is -0.481 e. The first-order valence-corrected chi connectivity index (χ1v) is 9.89. The van der Waals surface area contributed by atoms with Crippen LogP contribution in [0.25, 0.3) is 0 Å². The van der Waals surface area contributed by atoms with Crippen LogP contribution < -0.4 is 5.32 Å². The van der Waals surface area contributed by atoms with Crippen molar-refractivity contribution in [1.29, 1.82) is 0 Å². The summed E-state index contributed by atoms with van der Waals surface area (Å²) in [5.41, 5.74) is 2.11. The zero-order valence-corrected chi connectivity index (χ0v) is 16.2. The van der Waals surface area contributed by atoms with Gasteiger partial charge in [-0.1, -0.05) is 29.8 Å². The van der Waals surface area contributed by atoms with Crippen LogP contribution in [-0.4, -0.2) is 53.6 Å². The third kappa shape index (κ3) is 4.90. The molecule has 1 aromatic carbocycles. The van der Waals surface area contributed by atoms with E-state index in [1.807, 2.05) is 31.2 Å². The summed E-state index contributed by atoms with van der Waals surface area (Å²) in [6.45, 7) is 3.59. The molecule has 2 N–H and O–H groups in total. The number of aryl methyl sites for hydroxylation is 1. The van der Waals surface area contributed by atoms with Gasteiger partial charge in [-0.2, -0.15) is 0 Å². The Hall–Kier alpha value is -2.41. The second-order valence-corrected chi connectivity index (χ2v) is 7.70. The fourth-order valence-corrected chi connectivity index (χ4v) is 4.00. The number of likely N-dealkylation sites (tertiary alicyclic amines) is 1. The van der Waals surface area contributed by atoms with Gasteiger partial charge in [0.2, 0.25) is 11.8 Å². The maximum absolute atomic E-state index is 12.7. The number of nitrogens with one attached hydrogen (secondary N) is 1. The summed E-state index contributed by atoms with van der Waals surface area (Å²) in [6.07, 6.45) is 2.18. The third-order valence-electron chi connectivity index (χ3n) is 5.75. The lowest BCUT2D eigenvalue weighted by Crippen LogP contribution is -2.47. The van der Waals surface area contributed by atoms with E-state index in [1.165, 1.54) is 0 Å². The molecule has 28 heavy (non-hydrogen) atoms. The first-order chi connectivity index (χ1) is 13.5. The summed E-state index contributed by atoms with van der Waals surface area (Å²) in [7, 11) is 0. The molecule has 2 unspecified atom stereocenters. The lowest BCUT2D eigenvalue weighted by atomic mass is 9.86. The molecule has 152 valence electrons. The van der Waals surface area contributed by atoms with E-state index >= 15 is 0 Å². The van der Waals surface area contributed by atoms with Gasteiger partial charge in [-0.25, -0.2) is 0 Å². The molecule has 2 fully saturated rings. The maximum Gasteiger partial charge on any atom is 0.308 e. The monoisotopic (exact) mass is 388 g/mol. The van der Waals surface area contributed by atoms with Crippen LogP contribution >= 0.6 is 0 Å². The zero-order valence-electron chi connectivity index (χ0n) is 16.2. The van der Waals surface area contributed by atoms with Gasteiger partial charge in [-0.15, -0.1) is 0 Å². The molecule has 0 bridgehead atoms. The largest absolute Gasteiger partial charge is 0.481 e. The molecule has 2 atom stereocenters. The Labute approximate surface area is 165 Å². The van der Waals surface area contributed by atoms with Crippen LogP contribution in [0.4, 0.5) is 0 Å². The van der Waals surface area contributed by atoms with Crippen LogP contribution in [0.15, 0.2) is 24.3 Å². The summed E-state index contributed by atoms with van der Waals surface area (Å²) >= 11 is 0. The van der Waals surface area contributed by atoms with Gasteiger partial charge in [0.15, 0.2) is 0 Å². The van der Waals surface area contributed by atoms with Crippen molar-refractivity contribution in [3.63, 3.8) is 0 Å². The number of hydrogen-bond donors (Lipinski definition) is 2. The predicted octanol–water partition coefficient (Wildman–Crippen LogP) is 1.73. The van der Waals surface area contributed by atoms with Crippen LogP contribution in [-0.2, 0) is 25.7 Å². The summed E-state index contributed by atoms with van der Waals surface area (Å²) in [5, 5.41) is 12.4. The highest BCUT2D eigenvalue weighted by molar-refractivity contribution is 5.91. The topological polar surface area (TPSA) is 95.9 Å². The molecule has 2 amide bonds. The molecule has 2 aliphatic heterocycles. The number of benzene rings is 1. The number of aliphatic carboxylic acids is 1. The first kappa shape index (κ1) is 20.3. The van der Waals surface area contributed by atoms with Gasteiger partial charge in [0.05, 0.1) is 5.92 Å². The first-order valence-electron chi connectivity index (χ1n) is 9.89. The fourth-order valence-electron chi connectivity index (χ4n) is 4.00. The van der Waals surface area contributed by atoms with Crippen LogP contribution in [0, 0.1) is 18.8 Å².